The number of hydrogen-bond acceptors (Lipinski definition) is 3. The van der Waals surface area contributed by atoms with Gasteiger partial charge in [0.05, 0.1) is 5.75 Å². The van der Waals surface area contributed by atoms with Gasteiger partial charge in [-0.3, -0.25) is 4.55 Å². The highest BCUT2D eigenvalue weighted by atomic mass is 32.2. The van der Waals surface area contributed by atoms with Crippen LogP contribution in [0.4, 0.5) is 0 Å². The van der Waals surface area contributed by atoms with E-state index in [0.717, 1.165) is 32.5 Å². The van der Waals surface area contributed by atoms with Gasteiger partial charge in [-0.25, -0.2) is 0 Å². The Labute approximate surface area is 87.0 Å². The summed E-state index contributed by atoms with van der Waals surface area (Å²) in [5.74, 6) is -0.128. The third-order valence-electron chi connectivity index (χ3n) is 1.96. The zero-order valence-corrected chi connectivity index (χ0v) is 9.89. The minimum absolute atomic E-state index is 0.128. The summed E-state index contributed by atoms with van der Waals surface area (Å²) in [5.41, 5.74) is 0. The first-order valence-corrected chi connectivity index (χ1v) is 6.78. The molecule has 0 spiro atoms. The van der Waals surface area contributed by atoms with Gasteiger partial charge in [0.1, 0.15) is 0 Å². The van der Waals surface area contributed by atoms with Crippen LogP contribution in [0.1, 0.15) is 33.1 Å². The first-order valence-electron chi connectivity index (χ1n) is 5.17. The van der Waals surface area contributed by atoms with Crippen LogP contribution in [-0.4, -0.2) is 43.3 Å². The van der Waals surface area contributed by atoms with Gasteiger partial charge in [0.15, 0.2) is 0 Å². The lowest BCUT2D eigenvalue weighted by atomic mass is 10.3. The Balaban J connectivity index is 3.70. The van der Waals surface area contributed by atoms with Crippen LogP contribution in [0.15, 0.2) is 0 Å². The lowest BCUT2D eigenvalue weighted by Gasteiger charge is -2.20. The molecule has 0 amide bonds. The van der Waals surface area contributed by atoms with Crippen molar-refractivity contribution >= 4 is 10.1 Å². The maximum absolute atomic E-state index is 10.5. The van der Waals surface area contributed by atoms with Gasteiger partial charge in [-0.15, -0.1) is 0 Å². The van der Waals surface area contributed by atoms with Crippen LogP contribution in [0.3, 0.4) is 0 Å². The van der Waals surface area contributed by atoms with Crippen LogP contribution < -0.4 is 0 Å². The lowest BCUT2D eigenvalue weighted by molar-refractivity contribution is 0.275. The van der Waals surface area contributed by atoms with E-state index >= 15 is 0 Å². The molecular formula is C9H21NO3S. The fourth-order valence-electron chi connectivity index (χ4n) is 1.44. The second kappa shape index (κ2) is 7.20. The fourth-order valence-corrected chi connectivity index (χ4v) is 1.93. The average molecular weight is 223 g/mol. The third kappa shape index (κ3) is 8.47. The van der Waals surface area contributed by atoms with E-state index in [9.17, 15) is 8.42 Å². The minimum atomic E-state index is -3.78. The highest BCUT2D eigenvalue weighted by Gasteiger charge is 2.07. The van der Waals surface area contributed by atoms with E-state index in [1.807, 2.05) is 0 Å². The predicted octanol–water partition coefficient (Wildman–Crippen LogP) is 1.39. The molecule has 14 heavy (non-hydrogen) atoms. The molecule has 0 unspecified atom stereocenters. The van der Waals surface area contributed by atoms with Crippen molar-refractivity contribution in [1.29, 1.82) is 0 Å². The van der Waals surface area contributed by atoms with Gasteiger partial charge in [0.25, 0.3) is 10.1 Å². The smallest absolute Gasteiger partial charge is 0.264 e. The van der Waals surface area contributed by atoms with Gasteiger partial charge in [-0.2, -0.15) is 8.42 Å². The van der Waals surface area contributed by atoms with Crippen molar-refractivity contribution in [2.75, 3.05) is 25.4 Å². The monoisotopic (exact) mass is 223 g/mol. The SMILES string of the molecule is CCCN(CCC)CCCS(=O)(=O)O. The van der Waals surface area contributed by atoms with Gasteiger partial charge < -0.3 is 4.90 Å². The van der Waals surface area contributed by atoms with E-state index in [1.165, 1.54) is 0 Å². The van der Waals surface area contributed by atoms with Crippen molar-refractivity contribution in [3.05, 3.63) is 0 Å². The number of rotatable bonds is 8. The normalized spacial score (nSPS) is 12.3. The Morgan fingerprint density at radius 3 is 1.93 bits per heavy atom. The lowest BCUT2D eigenvalue weighted by Crippen LogP contribution is -2.27. The maximum Gasteiger partial charge on any atom is 0.264 e. The molecule has 0 fully saturated rings. The molecule has 0 aromatic carbocycles. The fraction of sp³-hybridized carbons (Fsp3) is 1.00. The van der Waals surface area contributed by atoms with Crippen molar-refractivity contribution in [2.24, 2.45) is 0 Å². The van der Waals surface area contributed by atoms with Crippen LogP contribution in [0, 0.1) is 0 Å². The minimum Gasteiger partial charge on any atom is -0.303 e. The summed E-state index contributed by atoms with van der Waals surface area (Å²) in [4.78, 5) is 2.23. The summed E-state index contributed by atoms with van der Waals surface area (Å²) in [6, 6.07) is 0. The summed E-state index contributed by atoms with van der Waals surface area (Å²) >= 11 is 0. The first kappa shape index (κ1) is 13.9. The quantitative estimate of drug-likeness (QED) is 0.632. The Bertz CT molecular complexity index is 220. The van der Waals surface area contributed by atoms with Gasteiger partial charge in [-0.1, -0.05) is 13.8 Å². The Morgan fingerprint density at radius 2 is 1.57 bits per heavy atom. The van der Waals surface area contributed by atoms with Crippen molar-refractivity contribution in [1.82, 2.24) is 4.90 Å². The zero-order valence-electron chi connectivity index (χ0n) is 9.07. The Hall–Kier alpha value is -0.130. The summed E-state index contributed by atoms with van der Waals surface area (Å²) < 4.78 is 29.5. The van der Waals surface area contributed by atoms with E-state index in [0.29, 0.717) is 6.42 Å². The van der Waals surface area contributed by atoms with Crippen LogP contribution in [-0.2, 0) is 10.1 Å². The molecule has 0 saturated carbocycles. The molecule has 0 aromatic heterocycles. The summed E-state index contributed by atoms with van der Waals surface area (Å²) in [7, 11) is -3.78. The van der Waals surface area contributed by atoms with E-state index < -0.39 is 10.1 Å². The van der Waals surface area contributed by atoms with E-state index in [1.54, 1.807) is 0 Å². The highest BCUT2D eigenvalue weighted by Crippen LogP contribution is 1.97. The molecule has 0 aromatic rings. The molecule has 0 aliphatic heterocycles. The molecule has 0 bridgehead atoms. The summed E-state index contributed by atoms with van der Waals surface area (Å²) in [6.07, 6.45) is 2.66. The van der Waals surface area contributed by atoms with Gasteiger partial charge in [-0.05, 0) is 38.9 Å². The van der Waals surface area contributed by atoms with Crippen molar-refractivity contribution in [3.8, 4) is 0 Å². The molecule has 4 nitrogen and oxygen atoms in total. The predicted molar refractivity (Wildman–Crippen MR) is 58.1 cm³/mol. The molecule has 86 valence electrons. The Kier molecular flexibility index (Phi) is 7.13. The van der Waals surface area contributed by atoms with Crippen molar-refractivity contribution < 1.29 is 13.0 Å². The third-order valence-corrected chi connectivity index (χ3v) is 2.76. The molecule has 0 heterocycles. The highest BCUT2D eigenvalue weighted by molar-refractivity contribution is 7.85. The standard InChI is InChI=1S/C9H21NO3S/c1-3-6-10(7-4-2)8-5-9-14(11,12)13/h3-9H2,1-2H3,(H,11,12,13). The van der Waals surface area contributed by atoms with Crippen molar-refractivity contribution in [3.63, 3.8) is 0 Å². The second-order valence-corrected chi connectivity index (χ2v) is 5.05. The molecule has 0 saturated heterocycles. The van der Waals surface area contributed by atoms with E-state index in [2.05, 4.69) is 18.7 Å². The van der Waals surface area contributed by atoms with Gasteiger partial charge in [0.2, 0.25) is 0 Å². The first-order chi connectivity index (χ1) is 6.49. The number of nitrogens with zero attached hydrogens (tertiary/aromatic N) is 1. The van der Waals surface area contributed by atoms with Gasteiger partial charge >= 0.3 is 0 Å². The van der Waals surface area contributed by atoms with Crippen LogP contribution in [0.5, 0.6) is 0 Å². The molecular weight excluding hydrogens is 202 g/mol. The van der Waals surface area contributed by atoms with Crippen molar-refractivity contribution in [2.45, 2.75) is 33.1 Å². The maximum atomic E-state index is 10.5. The van der Waals surface area contributed by atoms with Crippen LogP contribution in [0.2, 0.25) is 0 Å². The van der Waals surface area contributed by atoms with E-state index in [-0.39, 0.29) is 5.75 Å². The molecule has 0 atom stereocenters. The zero-order chi connectivity index (χ0) is 11.0. The average Bonchev–Trinajstić information content (AvgIpc) is 2.02. The topological polar surface area (TPSA) is 57.6 Å². The molecule has 0 rings (SSSR count). The van der Waals surface area contributed by atoms with Gasteiger partial charge in [0, 0.05) is 0 Å². The molecule has 0 aliphatic rings. The molecule has 1 N–H and O–H groups in total. The summed E-state index contributed by atoms with van der Waals surface area (Å²) in [6.45, 7) is 6.96. The molecule has 5 heteroatoms. The van der Waals surface area contributed by atoms with Crippen LogP contribution in [0.25, 0.3) is 0 Å². The summed E-state index contributed by atoms with van der Waals surface area (Å²) in [5, 5.41) is 0. The molecule has 0 aliphatic carbocycles. The second-order valence-electron chi connectivity index (χ2n) is 3.48. The number of hydrogen-bond donors (Lipinski definition) is 1. The van der Waals surface area contributed by atoms with Crippen LogP contribution >= 0.6 is 0 Å². The molecule has 0 radical (unpaired) electrons. The van der Waals surface area contributed by atoms with E-state index in [4.69, 9.17) is 4.55 Å². The largest absolute Gasteiger partial charge is 0.303 e. The Morgan fingerprint density at radius 1 is 1.07 bits per heavy atom.